The second-order valence-corrected chi connectivity index (χ2v) is 4.56. The van der Waals surface area contributed by atoms with E-state index in [2.05, 4.69) is 32.8 Å². The van der Waals surface area contributed by atoms with Crippen LogP contribution in [0.1, 0.15) is 17.0 Å². The predicted molar refractivity (Wildman–Crippen MR) is 70.6 cm³/mol. The number of nitrogens with zero attached hydrogens (tertiary/aromatic N) is 4. The number of fused-ring (bicyclic) bond motifs is 1. The van der Waals surface area contributed by atoms with E-state index in [0.29, 0.717) is 0 Å². The van der Waals surface area contributed by atoms with Gasteiger partial charge in [0, 0.05) is 37.1 Å². The topological polar surface area (TPSA) is 41.9 Å². The lowest BCUT2D eigenvalue weighted by atomic mass is 10.1. The molecule has 4 heteroatoms. The molecule has 0 atom stereocenters. The fraction of sp³-hybridized carbons (Fsp3) is 0.357. The number of hydrogen-bond acceptors (Lipinski definition) is 4. The van der Waals surface area contributed by atoms with E-state index < -0.39 is 0 Å². The second-order valence-electron chi connectivity index (χ2n) is 4.56. The van der Waals surface area contributed by atoms with E-state index in [-0.39, 0.29) is 0 Å². The molecule has 0 N–H and O–H groups in total. The van der Waals surface area contributed by atoms with Gasteiger partial charge in [0.15, 0.2) is 0 Å². The van der Waals surface area contributed by atoms with Crippen LogP contribution in [-0.2, 0) is 12.8 Å². The SMILES string of the molecule is Cc1ncnc2c1CCN(c1ccccn1)CC2. The molecular formula is C14H16N4. The van der Waals surface area contributed by atoms with Crippen LogP contribution < -0.4 is 4.90 Å². The normalized spacial score (nSPS) is 15.1. The molecule has 0 spiro atoms. The van der Waals surface area contributed by atoms with E-state index in [1.807, 2.05) is 18.3 Å². The highest BCUT2D eigenvalue weighted by Gasteiger charge is 2.17. The van der Waals surface area contributed by atoms with Crippen molar-refractivity contribution in [1.82, 2.24) is 15.0 Å². The Balaban J connectivity index is 1.85. The van der Waals surface area contributed by atoms with Crippen molar-refractivity contribution in [3.63, 3.8) is 0 Å². The van der Waals surface area contributed by atoms with Gasteiger partial charge in [-0.05, 0) is 31.0 Å². The maximum atomic E-state index is 4.42. The first-order chi connectivity index (χ1) is 8.84. The van der Waals surface area contributed by atoms with E-state index in [1.165, 1.54) is 11.3 Å². The monoisotopic (exact) mass is 240 g/mol. The molecule has 1 aliphatic rings. The summed E-state index contributed by atoms with van der Waals surface area (Å²) in [5.41, 5.74) is 3.62. The minimum atomic E-state index is 0.968. The maximum absolute atomic E-state index is 4.42. The van der Waals surface area contributed by atoms with Gasteiger partial charge >= 0.3 is 0 Å². The standard InChI is InChI=1S/C14H16N4/c1-11-12-5-8-18(14-4-2-3-7-15-14)9-6-13(12)17-10-16-11/h2-4,7,10H,5-6,8-9H2,1H3. The largest absolute Gasteiger partial charge is 0.356 e. The summed E-state index contributed by atoms with van der Waals surface area (Å²) in [5.74, 6) is 1.05. The van der Waals surface area contributed by atoms with Crippen LogP contribution in [0.4, 0.5) is 5.82 Å². The van der Waals surface area contributed by atoms with Crippen molar-refractivity contribution in [2.24, 2.45) is 0 Å². The van der Waals surface area contributed by atoms with Crippen molar-refractivity contribution >= 4 is 5.82 Å². The molecule has 0 fully saturated rings. The van der Waals surface area contributed by atoms with Crippen molar-refractivity contribution < 1.29 is 0 Å². The highest BCUT2D eigenvalue weighted by molar-refractivity contribution is 5.40. The summed E-state index contributed by atoms with van der Waals surface area (Å²) in [5, 5.41) is 0. The smallest absolute Gasteiger partial charge is 0.128 e. The minimum Gasteiger partial charge on any atom is -0.356 e. The molecule has 2 aromatic heterocycles. The van der Waals surface area contributed by atoms with Crippen molar-refractivity contribution in [3.8, 4) is 0 Å². The Morgan fingerprint density at radius 1 is 1.06 bits per heavy atom. The summed E-state index contributed by atoms with van der Waals surface area (Å²) >= 11 is 0. The van der Waals surface area contributed by atoms with Gasteiger partial charge in [0.25, 0.3) is 0 Å². The van der Waals surface area contributed by atoms with Crippen LogP contribution in [-0.4, -0.2) is 28.0 Å². The quantitative estimate of drug-likeness (QED) is 0.762. The van der Waals surface area contributed by atoms with Gasteiger partial charge in [0.1, 0.15) is 12.1 Å². The number of aryl methyl sites for hydroxylation is 1. The second kappa shape index (κ2) is 4.72. The number of hydrogen-bond donors (Lipinski definition) is 0. The third kappa shape index (κ3) is 2.06. The Morgan fingerprint density at radius 2 is 1.94 bits per heavy atom. The Labute approximate surface area is 107 Å². The third-order valence-electron chi connectivity index (χ3n) is 3.47. The summed E-state index contributed by atoms with van der Waals surface area (Å²) in [6.45, 7) is 4.02. The van der Waals surface area contributed by atoms with E-state index in [0.717, 1.165) is 37.4 Å². The van der Waals surface area contributed by atoms with E-state index in [1.54, 1.807) is 6.33 Å². The zero-order chi connectivity index (χ0) is 12.4. The fourth-order valence-corrected chi connectivity index (χ4v) is 2.46. The Morgan fingerprint density at radius 3 is 2.78 bits per heavy atom. The van der Waals surface area contributed by atoms with Crippen molar-refractivity contribution in [2.45, 2.75) is 19.8 Å². The van der Waals surface area contributed by atoms with Crippen LogP contribution in [0.15, 0.2) is 30.7 Å². The van der Waals surface area contributed by atoms with Gasteiger partial charge in [-0.15, -0.1) is 0 Å². The Hall–Kier alpha value is -1.97. The molecule has 0 saturated carbocycles. The van der Waals surface area contributed by atoms with Crippen LogP contribution in [0.3, 0.4) is 0 Å². The maximum Gasteiger partial charge on any atom is 0.128 e. The fourth-order valence-electron chi connectivity index (χ4n) is 2.46. The van der Waals surface area contributed by atoms with E-state index in [9.17, 15) is 0 Å². The molecule has 0 radical (unpaired) electrons. The Kier molecular flexibility index (Phi) is 2.92. The molecule has 0 amide bonds. The van der Waals surface area contributed by atoms with Gasteiger partial charge in [-0.25, -0.2) is 15.0 Å². The zero-order valence-corrected chi connectivity index (χ0v) is 10.5. The van der Waals surface area contributed by atoms with Crippen LogP contribution in [0, 0.1) is 6.92 Å². The van der Waals surface area contributed by atoms with Crippen LogP contribution in [0.25, 0.3) is 0 Å². The number of pyridine rings is 1. The average Bonchev–Trinajstić information content (AvgIpc) is 2.63. The van der Waals surface area contributed by atoms with Gasteiger partial charge in [0.05, 0.1) is 0 Å². The molecule has 0 unspecified atom stereocenters. The molecule has 92 valence electrons. The number of aromatic nitrogens is 3. The van der Waals surface area contributed by atoms with Crippen molar-refractivity contribution in [3.05, 3.63) is 47.7 Å². The molecule has 0 saturated heterocycles. The summed E-state index contributed by atoms with van der Waals surface area (Å²) < 4.78 is 0. The Bertz CT molecular complexity index is 539. The lowest BCUT2D eigenvalue weighted by Crippen LogP contribution is -2.26. The molecular weight excluding hydrogens is 224 g/mol. The van der Waals surface area contributed by atoms with E-state index in [4.69, 9.17) is 0 Å². The van der Waals surface area contributed by atoms with E-state index >= 15 is 0 Å². The summed E-state index contributed by atoms with van der Waals surface area (Å²) in [6, 6.07) is 6.05. The van der Waals surface area contributed by atoms with Crippen LogP contribution in [0.2, 0.25) is 0 Å². The average molecular weight is 240 g/mol. The van der Waals surface area contributed by atoms with Gasteiger partial charge < -0.3 is 4.90 Å². The molecule has 4 nitrogen and oxygen atoms in total. The van der Waals surface area contributed by atoms with Gasteiger partial charge in [0.2, 0.25) is 0 Å². The highest BCUT2D eigenvalue weighted by Crippen LogP contribution is 2.19. The predicted octanol–water partition coefficient (Wildman–Crippen LogP) is 1.79. The molecule has 3 rings (SSSR count). The van der Waals surface area contributed by atoms with Gasteiger partial charge in [-0.1, -0.05) is 6.07 Å². The lowest BCUT2D eigenvalue weighted by Gasteiger charge is -2.20. The van der Waals surface area contributed by atoms with Gasteiger partial charge in [-0.2, -0.15) is 0 Å². The summed E-state index contributed by atoms with van der Waals surface area (Å²) in [6.07, 6.45) is 5.48. The first-order valence-corrected chi connectivity index (χ1v) is 6.30. The summed E-state index contributed by atoms with van der Waals surface area (Å²) in [7, 11) is 0. The van der Waals surface area contributed by atoms with Gasteiger partial charge in [-0.3, -0.25) is 0 Å². The third-order valence-corrected chi connectivity index (χ3v) is 3.47. The first-order valence-electron chi connectivity index (χ1n) is 6.30. The molecule has 2 aromatic rings. The molecule has 3 heterocycles. The minimum absolute atomic E-state index is 0.968. The summed E-state index contributed by atoms with van der Waals surface area (Å²) in [4.78, 5) is 15.4. The van der Waals surface area contributed by atoms with Crippen molar-refractivity contribution in [2.75, 3.05) is 18.0 Å². The van der Waals surface area contributed by atoms with Crippen molar-refractivity contribution in [1.29, 1.82) is 0 Å². The molecule has 1 aliphatic heterocycles. The van der Waals surface area contributed by atoms with Crippen LogP contribution >= 0.6 is 0 Å². The molecule has 0 aromatic carbocycles. The lowest BCUT2D eigenvalue weighted by molar-refractivity contribution is 0.787. The molecule has 0 aliphatic carbocycles. The zero-order valence-electron chi connectivity index (χ0n) is 10.5. The number of anilines is 1. The first kappa shape index (κ1) is 11.1. The molecule has 0 bridgehead atoms. The number of rotatable bonds is 1. The van der Waals surface area contributed by atoms with Crippen LogP contribution in [0.5, 0.6) is 0 Å². The highest BCUT2D eigenvalue weighted by atomic mass is 15.2. The molecule has 18 heavy (non-hydrogen) atoms.